The van der Waals surface area contributed by atoms with Crippen LogP contribution in [0, 0.1) is 28.7 Å². The summed E-state index contributed by atoms with van der Waals surface area (Å²) in [6.07, 6.45) is 0. The summed E-state index contributed by atoms with van der Waals surface area (Å²) in [5.74, 6) is -3.21. The number of hydrogen-bond donors (Lipinski definition) is 1. The molecule has 1 amide bonds. The first-order valence-electron chi connectivity index (χ1n) is 7.89. The maximum absolute atomic E-state index is 13.7. The molecule has 2 aromatic carbocycles. The molecular weight excluding hydrogens is 374 g/mol. The van der Waals surface area contributed by atoms with Gasteiger partial charge in [-0.05, 0) is 25.1 Å². The van der Waals surface area contributed by atoms with E-state index in [-0.39, 0.29) is 17.1 Å². The van der Waals surface area contributed by atoms with Crippen LogP contribution in [0.5, 0.6) is 0 Å². The third-order valence-electron chi connectivity index (χ3n) is 3.83. The van der Waals surface area contributed by atoms with Gasteiger partial charge < -0.3 is 5.32 Å². The van der Waals surface area contributed by atoms with Crippen LogP contribution in [0.15, 0.2) is 53.3 Å². The Morgan fingerprint density at radius 1 is 1.14 bits per heavy atom. The molecular formula is C18H12F2N4O4. The van der Waals surface area contributed by atoms with E-state index in [1.54, 1.807) is 0 Å². The highest BCUT2D eigenvalue weighted by molar-refractivity contribution is 6.02. The highest BCUT2D eigenvalue weighted by Gasteiger charge is 2.21. The number of nitrogens with zero attached hydrogens (tertiary/aromatic N) is 3. The largest absolute Gasteiger partial charge is 0.316 e. The van der Waals surface area contributed by atoms with E-state index < -0.39 is 39.3 Å². The van der Waals surface area contributed by atoms with Gasteiger partial charge in [-0.3, -0.25) is 19.7 Å². The number of para-hydroxylation sites is 3. The smallest absolute Gasteiger partial charge is 0.294 e. The molecule has 0 saturated heterocycles. The first kappa shape index (κ1) is 18.8. The van der Waals surface area contributed by atoms with Gasteiger partial charge in [0.25, 0.3) is 11.6 Å². The second-order valence-corrected chi connectivity index (χ2v) is 5.71. The fraction of sp³-hybridized carbons (Fsp3) is 0.0556. The minimum absolute atomic E-state index is 0.0242. The van der Waals surface area contributed by atoms with Gasteiger partial charge in [-0.15, -0.1) is 0 Å². The average molecular weight is 386 g/mol. The molecule has 0 radical (unpaired) electrons. The predicted molar refractivity (Wildman–Crippen MR) is 95.5 cm³/mol. The summed E-state index contributed by atoms with van der Waals surface area (Å²) in [6, 6.07) is 9.65. The van der Waals surface area contributed by atoms with Crippen molar-refractivity contribution in [3.8, 4) is 5.69 Å². The standard InChI is InChI=1S/C18H12F2N4O4/c1-10-9-15(25)17(18(26)21-16-11(19)5-4-6-12(16)20)22-23(10)13-7-2-3-8-14(13)24(27)28/h2-9H,1H3,(H,21,26). The first-order chi connectivity index (χ1) is 13.3. The highest BCUT2D eigenvalue weighted by atomic mass is 19.1. The van der Waals surface area contributed by atoms with E-state index >= 15 is 0 Å². The van der Waals surface area contributed by atoms with Crippen molar-refractivity contribution < 1.29 is 18.5 Å². The maximum Gasteiger partial charge on any atom is 0.294 e. The summed E-state index contributed by atoms with van der Waals surface area (Å²) in [5, 5.41) is 17.1. The number of aryl methyl sites for hydroxylation is 1. The topological polar surface area (TPSA) is 107 Å². The van der Waals surface area contributed by atoms with Crippen LogP contribution < -0.4 is 10.7 Å². The third kappa shape index (κ3) is 3.47. The van der Waals surface area contributed by atoms with Gasteiger partial charge in [0, 0.05) is 17.8 Å². The van der Waals surface area contributed by atoms with E-state index in [1.807, 2.05) is 5.32 Å². The molecule has 1 N–H and O–H groups in total. The summed E-state index contributed by atoms with van der Waals surface area (Å²) in [7, 11) is 0. The Morgan fingerprint density at radius 3 is 2.43 bits per heavy atom. The zero-order valence-corrected chi connectivity index (χ0v) is 14.3. The molecule has 0 bridgehead atoms. The van der Waals surface area contributed by atoms with Crippen molar-refractivity contribution in [2.45, 2.75) is 6.92 Å². The molecule has 0 unspecified atom stereocenters. The number of halogens is 2. The van der Waals surface area contributed by atoms with Gasteiger partial charge in [0.1, 0.15) is 23.0 Å². The number of nitrogens with one attached hydrogen (secondary N) is 1. The number of anilines is 1. The molecule has 0 spiro atoms. The van der Waals surface area contributed by atoms with Crippen LogP contribution in [0.4, 0.5) is 20.2 Å². The number of nitro groups is 1. The summed E-state index contributed by atoms with van der Waals surface area (Å²) < 4.78 is 28.5. The van der Waals surface area contributed by atoms with Crippen LogP contribution in [0.3, 0.4) is 0 Å². The lowest BCUT2D eigenvalue weighted by molar-refractivity contribution is -0.384. The second kappa shape index (κ2) is 7.35. The number of carbonyl (C=O) groups excluding carboxylic acids is 1. The van der Waals surface area contributed by atoms with Crippen LogP contribution in [0.2, 0.25) is 0 Å². The zero-order valence-electron chi connectivity index (χ0n) is 14.3. The second-order valence-electron chi connectivity index (χ2n) is 5.71. The Kier molecular flexibility index (Phi) is 4.94. The van der Waals surface area contributed by atoms with E-state index in [0.717, 1.165) is 28.9 Å². The van der Waals surface area contributed by atoms with Gasteiger partial charge in [-0.1, -0.05) is 18.2 Å². The average Bonchev–Trinajstić information content (AvgIpc) is 2.65. The van der Waals surface area contributed by atoms with Crippen LogP contribution in [0.1, 0.15) is 16.2 Å². The summed E-state index contributed by atoms with van der Waals surface area (Å²) in [4.78, 5) is 35.2. The van der Waals surface area contributed by atoms with Gasteiger partial charge in [0.15, 0.2) is 5.69 Å². The molecule has 3 aromatic rings. The van der Waals surface area contributed by atoms with E-state index in [9.17, 15) is 28.5 Å². The van der Waals surface area contributed by atoms with Gasteiger partial charge in [-0.2, -0.15) is 5.10 Å². The third-order valence-corrected chi connectivity index (χ3v) is 3.83. The monoisotopic (exact) mass is 386 g/mol. The van der Waals surface area contributed by atoms with Crippen molar-refractivity contribution in [3.63, 3.8) is 0 Å². The molecule has 142 valence electrons. The Bertz CT molecular complexity index is 1140. The van der Waals surface area contributed by atoms with Crippen molar-refractivity contribution in [2.75, 3.05) is 5.32 Å². The molecule has 3 rings (SSSR count). The highest BCUT2D eigenvalue weighted by Crippen LogP contribution is 2.22. The van der Waals surface area contributed by atoms with Crippen molar-refractivity contribution in [2.24, 2.45) is 0 Å². The molecule has 0 aliphatic heterocycles. The van der Waals surface area contributed by atoms with E-state index in [4.69, 9.17) is 0 Å². The normalized spacial score (nSPS) is 10.5. The van der Waals surface area contributed by atoms with Crippen LogP contribution in [-0.2, 0) is 0 Å². The van der Waals surface area contributed by atoms with E-state index in [2.05, 4.69) is 5.10 Å². The SMILES string of the molecule is Cc1cc(=O)c(C(=O)Nc2c(F)cccc2F)nn1-c1ccccc1[N+](=O)[O-]. The number of amides is 1. The number of benzene rings is 2. The van der Waals surface area contributed by atoms with Crippen molar-refractivity contribution in [3.05, 3.63) is 91.9 Å². The fourth-order valence-corrected chi connectivity index (χ4v) is 2.54. The summed E-state index contributed by atoms with van der Waals surface area (Å²) >= 11 is 0. The number of hydrogen-bond acceptors (Lipinski definition) is 5. The quantitative estimate of drug-likeness (QED) is 0.548. The lowest BCUT2D eigenvalue weighted by Gasteiger charge is -2.12. The van der Waals surface area contributed by atoms with Crippen LogP contribution in [-0.4, -0.2) is 20.6 Å². The lowest BCUT2D eigenvalue weighted by Crippen LogP contribution is -2.27. The molecule has 28 heavy (non-hydrogen) atoms. The lowest BCUT2D eigenvalue weighted by atomic mass is 10.2. The van der Waals surface area contributed by atoms with Crippen molar-refractivity contribution in [1.29, 1.82) is 0 Å². The number of aromatic nitrogens is 2. The Balaban J connectivity index is 2.09. The minimum Gasteiger partial charge on any atom is -0.316 e. The van der Waals surface area contributed by atoms with Crippen LogP contribution in [0.25, 0.3) is 5.69 Å². The van der Waals surface area contributed by atoms with Crippen molar-refractivity contribution in [1.82, 2.24) is 9.78 Å². The van der Waals surface area contributed by atoms with Gasteiger partial charge in [0.05, 0.1) is 4.92 Å². The van der Waals surface area contributed by atoms with Gasteiger partial charge in [-0.25, -0.2) is 13.5 Å². The molecule has 1 aromatic heterocycles. The summed E-state index contributed by atoms with van der Waals surface area (Å²) in [5.41, 5.74) is -2.25. The molecule has 0 aliphatic carbocycles. The Morgan fingerprint density at radius 2 is 1.79 bits per heavy atom. The first-order valence-corrected chi connectivity index (χ1v) is 7.89. The number of nitro benzene ring substituents is 1. The minimum atomic E-state index is -1.15. The molecule has 0 aliphatic rings. The zero-order chi connectivity index (χ0) is 20.4. The number of rotatable bonds is 4. The Hall–Kier alpha value is -3.95. The summed E-state index contributed by atoms with van der Waals surface area (Å²) in [6.45, 7) is 1.48. The molecule has 0 saturated carbocycles. The Labute approximate surface area is 156 Å². The molecule has 8 nitrogen and oxygen atoms in total. The van der Waals surface area contributed by atoms with Crippen molar-refractivity contribution >= 4 is 17.3 Å². The molecule has 1 heterocycles. The van der Waals surface area contributed by atoms with Crippen LogP contribution >= 0.6 is 0 Å². The number of carbonyl (C=O) groups is 1. The van der Waals surface area contributed by atoms with E-state index in [1.165, 1.54) is 31.2 Å². The maximum atomic E-state index is 13.7. The fourth-order valence-electron chi connectivity index (χ4n) is 2.54. The van der Waals surface area contributed by atoms with Gasteiger partial charge >= 0.3 is 0 Å². The predicted octanol–water partition coefficient (Wildman–Crippen LogP) is 2.98. The van der Waals surface area contributed by atoms with Gasteiger partial charge in [0.2, 0.25) is 5.43 Å². The molecule has 0 fully saturated rings. The molecule has 10 heteroatoms. The molecule has 0 atom stereocenters. The van der Waals surface area contributed by atoms with E-state index in [0.29, 0.717) is 0 Å².